The molecule has 9 heteroatoms. The van der Waals surface area contributed by atoms with Gasteiger partial charge < -0.3 is 15.2 Å². The number of amides is 2. The van der Waals surface area contributed by atoms with Gasteiger partial charge in [0.2, 0.25) is 5.95 Å². The molecule has 0 saturated carbocycles. The summed E-state index contributed by atoms with van der Waals surface area (Å²) in [6, 6.07) is 15.9. The van der Waals surface area contributed by atoms with Crippen molar-refractivity contribution in [3.05, 3.63) is 88.7 Å². The number of aromatic nitrogens is 2. The van der Waals surface area contributed by atoms with Gasteiger partial charge in [0.15, 0.2) is 5.72 Å². The van der Waals surface area contributed by atoms with Crippen LogP contribution < -0.4 is 9.80 Å². The SMILES string of the molecule is Cc1cc(N2C(=O)c3ccccc3C2(O)c2ccc3[nH]c(N(C)C(=O)O)nc3c2)ccc1F. The second-order valence-electron chi connectivity index (χ2n) is 7.93. The molecule has 1 atom stereocenters. The highest BCUT2D eigenvalue weighted by Gasteiger charge is 2.50. The molecule has 0 spiro atoms. The topological polar surface area (TPSA) is 110 Å². The van der Waals surface area contributed by atoms with Crippen LogP contribution >= 0.6 is 0 Å². The zero-order chi connectivity index (χ0) is 23.5. The standard InChI is InChI=1S/C24H19FN4O4/c1-13-11-15(8-9-18(13)25)29-21(30)16-5-3-4-6-17(16)24(29,33)14-7-10-19-20(12-14)27-22(26-19)28(2)23(31)32/h3-12,33H,1-2H3,(H,26,27)(H,31,32). The quantitative estimate of drug-likeness (QED) is 0.441. The molecule has 166 valence electrons. The Bertz CT molecular complexity index is 1450. The maximum atomic E-state index is 13.9. The number of halogens is 1. The number of carbonyl (C=O) groups is 2. The van der Waals surface area contributed by atoms with Gasteiger partial charge in [0.05, 0.1) is 11.0 Å². The number of anilines is 2. The van der Waals surface area contributed by atoms with Crippen LogP contribution in [-0.2, 0) is 5.72 Å². The molecule has 1 aromatic heterocycles. The molecule has 1 unspecified atom stereocenters. The van der Waals surface area contributed by atoms with E-state index in [4.69, 9.17) is 0 Å². The lowest BCUT2D eigenvalue weighted by Gasteiger charge is -2.35. The third kappa shape index (κ3) is 2.97. The predicted octanol–water partition coefficient (Wildman–Crippen LogP) is 3.98. The molecular formula is C24H19FN4O4. The molecule has 0 radical (unpaired) electrons. The van der Waals surface area contributed by atoms with Crippen molar-refractivity contribution in [2.75, 3.05) is 16.8 Å². The molecule has 5 rings (SSSR count). The number of aliphatic hydroxyl groups is 1. The fourth-order valence-corrected chi connectivity index (χ4v) is 4.18. The minimum absolute atomic E-state index is 0.121. The number of fused-ring (bicyclic) bond motifs is 2. The van der Waals surface area contributed by atoms with Crippen molar-refractivity contribution in [1.82, 2.24) is 9.97 Å². The number of nitrogens with one attached hydrogen (secondary N) is 1. The van der Waals surface area contributed by atoms with Gasteiger partial charge in [-0.05, 0) is 48.9 Å². The van der Waals surface area contributed by atoms with E-state index in [1.165, 1.54) is 30.1 Å². The fourth-order valence-electron chi connectivity index (χ4n) is 4.18. The van der Waals surface area contributed by atoms with E-state index in [0.29, 0.717) is 39.0 Å². The van der Waals surface area contributed by atoms with Gasteiger partial charge in [0.1, 0.15) is 5.82 Å². The summed E-state index contributed by atoms with van der Waals surface area (Å²) >= 11 is 0. The van der Waals surface area contributed by atoms with Gasteiger partial charge in [-0.1, -0.05) is 24.3 Å². The molecule has 0 saturated heterocycles. The second-order valence-corrected chi connectivity index (χ2v) is 7.93. The Labute approximate surface area is 187 Å². The van der Waals surface area contributed by atoms with Crippen molar-refractivity contribution < 1.29 is 24.2 Å². The molecule has 0 bridgehead atoms. The number of hydrogen-bond donors (Lipinski definition) is 3. The summed E-state index contributed by atoms with van der Waals surface area (Å²) in [7, 11) is 1.36. The number of hydrogen-bond acceptors (Lipinski definition) is 4. The van der Waals surface area contributed by atoms with E-state index in [1.807, 2.05) is 0 Å². The molecule has 0 aliphatic carbocycles. The molecule has 2 amide bonds. The van der Waals surface area contributed by atoms with Gasteiger partial charge in [-0.2, -0.15) is 0 Å². The summed E-state index contributed by atoms with van der Waals surface area (Å²) < 4.78 is 13.9. The molecule has 8 nitrogen and oxygen atoms in total. The number of rotatable bonds is 3. The molecule has 3 aromatic carbocycles. The van der Waals surface area contributed by atoms with E-state index < -0.39 is 23.5 Å². The number of benzene rings is 3. The Kier molecular flexibility index (Phi) is 4.47. The first-order chi connectivity index (χ1) is 15.7. The van der Waals surface area contributed by atoms with E-state index in [-0.39, 0.29) is 5.95 Å². The zero-order valence-corrected chi connectivity index (χ0v) is 17.7. The molecule has 3 N–H and O–H groups in total. The van der Waals surface area contributed by atoms with Crippen molar-refractivity contribution >= 4 is 34.7 Å². The molecule has 2 heterocycles. The average Bonchev–Trinajstić information content (AvgIpc) is 3.33. The molecular weight excluding hydrogens is 427 g/mol. The van der Waals surface area contributed by atoms with Crippen molar-refractivity contribution in [2.24, 2.45) is 0 Å². The maximum Gasteiger partial charge on any atom is 0.413 e. The summed E-state index contributed by atoms with van der Waals surface area (Å²) in [5.41, 5.74) is 0.831. The largest absolute Gasteiger partial charge is 0.465 e. The van der Waals surface area contributed by atoms with Gasteiger partial charge in [-0.15, -0.1) is 0 Å². The van der Waals surface area contributed by atoms with Crippen LogP contribution in [0.15, 0.2) is 60.7 Å². The third-order valence-corrected chi connectivity index (χ3v) is 5.94. The smallest absolute Gasteiger partial charge is 0.413 e. The molecule has 1 aliphatic heterocycles. The lowest BCUT2D eigenvalue weighted by molar-refractivity contribution is 0.0704. The maximum absolute atomic E-state index is 13.9. The van der Waals surface area contributed by atoms with Crippen LogP contribution in [0.4, 0.5) is 20.8 Å². The molecule has 0 fully saturated rings. The van der Waals surface area contributed by atoms with Crippen molar-refractivity contribution in [1.29, 1.82) is 0 Å². The van der Waals surface area contributed by atoms with Gasteiger partial charge in [0, 0.05) is 29.4 Å². The molecule has 1 aliphatic rings. The normalized spacial score (nSPS) is 17.5. The van der Waals surface area contributed by atoms with Crippen LogP contribution in [0.5, 0.6) is 0 Å². The molecule has 33 heavy (non-hydrogen) atoms. The lowest BCUT2D eigenvalue weighted by Crippen LogP contribution is -2.45. The minimum Gasteiger partial charge on any atom is -0.465 e. The number of imidazole rings is 1. The highest BCUT2D eigenvalue weighted by atomic mass is 19.1. The van der Waals surface area contributed by atoms with E-state index in [1.54, 1.807) is 49.4 Å². The van der Waals surface area contributed by atoms with Gasteiger partial charge in [0.25, 0.3) is 5.91 Å². The summed E-state index contributed by atoms with van der Waals surface area (Å²) in [4.78, 5) is 34.1. The monoisotopic (exact) mass is 446 g/mol. The first-order valence-corrected chi connectivity index (χ1v) is 10.1. The van der Waals surface area contributed by atoms with Crippen LogP contribution in [0.3, 0.4) is 0 Å². The Hall–Kier alpha value is -4.24. The van der Waals surface area contributed by atoms with E-state index in [9.17, 15) is 24.2 Å². The average molecular weight is 446 g/mol. The van der Waals surface area contributed by atoms with E-state index in [0.717, 1.165) is 4.90 Å². The number of nitrogens with zero attached hydrogens (tertiary/aromatic N) is 3. The van der Waals surface area contributed by atoms with Gasteiger partial charge in [-0.3, -0.25) is 14.6 Å². The second kappa shape index (κ2) is 7.14. The number of carboxylic acid groups (broad SMARTS) is 1. The molecule has 4 aromatic rings. The van der Waals surface area contributed by atoms with Gasteiger partial charge >= 0.3 is 6.09 Å². The zero-order valence-electron chi connectivity index (χ0n) is 17.7. The van der Waals surface area contributed by atoms with Crippen molar-refractivity contribution in [2.45, 2.75) is 12.6 Å². The summed E-state index contributed by atoms with van der Waals surface area (Å²) in [5, 5.41) is 21.3. The Morgan fingerprint density at radius 1 is 1.15 bits per heavy atom. The third-order valence-electron chi connectivity index (χ3n) is 5.94. The van der Waals surface area contributed by atoms with Gasteiger partial charge in [-0.25, -0.2) is 14.2 Å². The number of carbonyl (C=O) groups excluding carboxylic acids is 1. The summed E-state index contributed by atoms with van der Waals surface area (Å²) in [6.45, 7) is 1.59. The first kappa shape index (κ1) is 20.7. The van der Waals surface area contributed by atoms with Crippen molar-refractivity contribution in [3.8, 4) is 0 Å². The Balaban J connectivity index is 1.72. The minimum atomic E-state index is -1.88. The van der Waals surface area contributed by atoms with Crippen LogP contribution in [-0.4, -0.2) is 39.2 Å². The highest BCUT2D eigenvalue weighted by molar-refractivity contribution is 6.12. The first-order valence-electron chi connectivity index (χ1n) is 10.1. The summed E-state index contributed by atoms with van der Waals surface area (Å²) in [5.74, 6) is -0.720. The lowest BCUT2D eigenvalue weighted by atomic mass is 9.93. The van der Waals surface area contributed by atoms with Crippen LogP contribution in [0, 0.1) is 12.7 Å². The van der Waals surface area contributed by atoms with Crippen LogP contribution in [0.2, 0.25) is 0 Å². The Morgan fingerprint density at radius 3 is 2.64 bits per heavy atom. The number of aromatic amines is 1. The summed E-state index contributed by atoms with van der Waals surface area (Å²) in [6.07, 6.45) is -1.18. The van der Waals surface area contributed by atoms with E-state index in [2.05, 4.69) is 9.97 Å². The van der Waals surface area contributed by atoms with E-state index >= 15 is 0 Å². The van der Waals surface area contributed by atoms with Crippen LogP contribution in [0.1, 0.15) is 27.0 Å². The van der Waals surface area contributed by atoms with Crippen LogP contribution in [0.25, 0.3) is 11.0 Å². The number of aryl methyl sites for hydroxylation is 1. The van der Waals surface area contributed by atoms with Crippen molar-refractivity contribution in [3.63, 3.8) is 0 Å². The predicted molar refractivity (Wildman–Crippen MR) is 120 cm³/mol. The Morgan fingerprint density at radius 2 is 1.91 bits per heavy atom. The fraction of sp³-hybridized carbons (Fsp3) is 0.125. The highest BCUT2D eigenvalue weighted by Crippen LogP contribution is 2.45. The number of H-pyrrole nitrogens is 1.